The molecule has 0 aliphatic heterocycles. The first-order chi connectivity index (χ1) is 50.3. The van der Waals surface area contributed by atoms with Crippen LogP contribution in [0.3, 0.4) is 0 Å². The smallest absolute Gasteiger partial charge is 0.462 e. The minimum absolute atomic E-state index is 0.105. The number of esters is 4. The zero-order valence-electron chi connectivity index (χ0n) is 68.5. The summed E-state index contributed by atoms with van der Waals surface area (Å²) >= 11 is 0. The molecule has 5 unspecified atom stereocenters. The van der Waals surface area contributed by atoms with Gasteiger partial charge in [0, 0.05) is 25.7 Å². The molecule has 0 aliphatic rings. The van der Waals surface area contributed by atoms with Crippen molar-refractivity contribution < 1.29 is 80.2 Å². The Hall–Kier alpha value is -1.94. The molecule has 0 radical (unpaired) electrons. The van der Waals surface area contributed by atoms with Gasteiger partial charge in [0.25, 0.3) is 0 Å². The van der Waals surface area contributed by atoms with Crippen LogP contribution in [0.1, 0.15) is 447 Å². The summed E-state index contributed by atoms with van der Waals surface area (Å²) in [7, 11) is -9.93. The zero-order chi connectivity index (χ0) is 76.5. The highest BCUT2D eigenvalue weighted by molar-refractivity contribution is 7.47. The monoisotopic (exact) mass is 1520 g/mol. The van der Waals surface area contributed by atoms with E-state index in [0.717, 1.165) is 108 Å². The number of aliphatic hydroxyl groups excluding tert-OH is 1. The third-order valence-corrected chi connectivity index (χ3v) is 22.9. The van der Waals surface area contributed by atoms with Crippen molar-refractivity contribution in [1.82, 2.24) is 0 Å². The Morgan fingerprint density at radius 2 is 0.462 bits per heavy atom. The number of carbonyl (C=O) groups excluding carboxylic acids is 4. The van der Waals surface area contributed by atoms with Gasteiger partial charge in [0.05, 0.1) is 26.4 Å². The predicted molar refractivity (Wildman–Crippen MR) is 428 cm³/mol. The second kappa shape index (κ2) is 75.1. The summed E-state index contributed by atoms with van der Waals surface area (Å²) in [5.74, 6) is 0.310. The maximum absolute atomic E-state index is 13.1. The topological polar surface area (TPSA) is 237 Å². The second-order valence-electron chi connectivity index (χ2n) is 31.3. The lowest BCUT2D eigenvalue weighted by Crippen LogP contribution is -2.30. The first-order valence-corrected chi connectivity index (χ1v) is 47.0. The number of aliphatic hydroxyl groups is 1. The Balaban J connectivity index is 5.23. The number of phosphoric ester groups is 2. The lowest BCUT2D eigenvalue weighted by atomic mass is 9.99. The summed E-state index contributed by atoms with van der Waals surface area (Å²) in [4.78, 5) is 73.2. The van der Waals surface area contributed by atoms with Gasteiger partial charge < -0.3 is 33.8 Å². The maximum atomic E-state index is 13.1. The molecule has 0 aromatic carbocycles. The van der Waals surface area contributed by atoms with Crippen LogP contribution in [0.5, 0.6) is 0 Å². The Labute approximate surface area is 638 Å². The van der Waals surface area contributed by atoms with Gasteiger partial charge in [-0.05, 0) is 43.4 Å². The fraction of sp³-hybridized carbons (Fsp3) is 0.953. The third kappa shape index (κ3) is 74.2. The molecule has 0 fully saturated rings. The molecular weight excluding hydrogens is 1350 g/mol. The Morgan fingerprint density at radius 1 is 0.269 bits per heavy atom. The van der Waals surface area contributed by atoms with Crippen molar-refractivity contribution >= 4 is 39.5 Å². The Kier molecular flexibility index (Phi) is 73.7. The van der Waals surface area contributed by atoms with E-state index in [1.165, 1.54) is 257 Å². The summed E-state index contributed by atoms with van der Waals surface area (Å²) in [6.07, 6.45) is 65.2. The van der Waals surface area contributed by atoms with Gasteiger partial charge in [0.2, 0.25) is 0 Å². The van der Waals surface area contributed by atoms with Crippen molar-refractivity contribution in [3.8, 4) is 0 Å². The fourth-order valence-corrected chi connectivity index (χ4v) is 14.7. The van der Waals surface area contributed by atoms with Crippen LogP contribution in [0, 0.1) is 17.8 Å². The number of unbranched alkanes of at least 4 members (excludes halogenated alkanes) is 48. The molecule has 19 heteroatoms. The molecule has 0 saturated carbocycles. The van der Waals surface area contributed by atoms with E-state index >= 15 is 0 Å². The molecule has 0 rings (SSSR count). The molecule has 0 aromatic heterocycles. The van der Waals surface area contributed by atoms with Gasteiger partial charge in [-0.3, -0.25) is 37.3 Å². The van der Waals surface area contributed by atoms with Crippen molar-refractivity contribution in [1.29, 1.82) is 0 Å². The van der Waals surface area contributed by atoms with E-state index in [9.17, 15) is 43.2 Å². The SMILES string of the molecule is CCCCCCCCCCCCCCCCCCCCC(=O)OC[C@H](COP(=O)(O)OC[C@@H](O)COP(=O)(O)OC[C@@H](COC(=O)CCCCCCCCCCC(C)CC)OC(=O)CCCCCCCCCCC(C)CC)OC(=O)CCCCCCCCCCCCCCCCCCCCC(C)CC. The van der Waals surface area contributed by atoms with Gasteiger partial charge in [0.1, 0.15) is 19.3 Å². The minimum Gasteiger partial charge on any atom is -0.462 e. The molecule has 618 valence electrons. The Morgan fingerprint density at radius 3 is 0.683 bits per heavy atom. The largest absolute Gasteiger partial charge is 0.472 e. The maximum Gasteiger partial charge on any atom is 0.472 e. The van der Waals surface area contributed by atoms with Crippen molar-refractivity contribution in [2.24, 2.45) is 17.8 Å². The van der Waals surface area contributed by atoms with Crippen molar-refractivity contribution in [2.45, 2.75) is 465 Å². The van der Waals surface area contributed by atoms with E-state index < -0.39 is 97.5 Å². The van der Waals surface area contributed by atoms with Crippen LogP contribution in [-0.4, -0.2) is 96.7 Å². The van der Waals surface area contributed by atoms with Gasteiger partial charge >= 0.3 is 39.5 Å². The molecule has 0 heterocycles. The van der Waals surface area contributed by atoms with E-state index in [0.29, 0.717) is 25.7 Å². The van der Waals surface area contributed by atoms with Crippen LogP contribution in [0.25, 0.3) is 0 Å². The van der Waals surface area contributed by atoms with Crippen LogP contribution >= 0.6 is 15.6 Å². The summed E-state index contributed by atoms with van der Waals surface area (Å²) in [5, 5.41) is 10.7. The third-order valence-electron chi connectivity index (χ3n) is 21.0. The van der Waals surface area contributed by atoms with Gasteiger partial charge in [0.15, 0.2) is 12.2 Å². The van der Waals surface area contributed by atoms with Crippen LogP contribution in [0.4, 0.5) is 0 Å². The highest BCUT2D eigenvalue weighted by atomic mass is 31.2. The molecule has 0 aromatic rings. The molecule has 0 aliphatic carbocycles. The summed E-state index contributed by atoms with van der Waals surface area (Å²) in [6.45, 7) is 12.0. The zero-order valence-corrected chi connectivity index (χ0v) is 70.3. The lowest BCUT2D eigenvalue weighted by Gasteiger charge is -2.21. The first kappa shape index (κ1) is 102. The molecule has 0 saturated heterocycles. The van der Waals surface area contributed by atoms with Crippen LogP contribution in [-0.2, 0) is 65.4 Å². The van der Waals surface area contributed by atoms with Crippen molar-refractivity contribution in [3.05, 3.63) is 0 Å². The highest BCUT2D eigenvalue weighted by Gasteiger charge is 2.30. The van der Waals surface area contributed by atoms with Gasteiger partial charge in [-0.15, -0.1) is 0 Å². The Bertz CT molecular complexity index is 2010. The van der Waals surface area contributed by atoms with E-state index in [4.69, 9.17) is 37.0 Å². The van der Waals surface area contributed by atoms with E-state index in [1.54, 1.807) is 0 Å². The normalized spacial score (nSPS) is 14.7. The van der Waals surface area contributed by atoms with Gasteiger partial charge in [-0.1, -0.05) is 395 Å². The molecule has 17 nitrogen and oxygen atoms in total. The number of carbonyl (C=O) groups is 4. The second-order valence-corrected chi connectivity index (χ2v) is 34.2. The van der Waals surface area contributed by atoms with E-state index in [1.807, 2.05) is 0 Å². The number of ether oxygens (including phenoxy) is 4. The standard InChI is InChI=1S/C85H166O17P2/c1-8-12-13-14-15-16-17-18-19-20-24-27-30-33-36-45-52-59-66-82(87)95-72-80(101-84(89)68-61-54-47-37-34-31-28-25-22-21-23-26-29-32-35-42-49-56-63-76(5)9-2)74-99-103(91,92)97-70-79(86)71-98-104(93,94)100-75-81(102-85(90)69-62-55-48-41-39-44-51-58-65-78(7)11-4)73-96-83(88)67-60-53-46-40-38-43-50-57-64-77(6)10-3/h76-81,86H,8-75H2,1-7H3,(H,91,92)(H,93,94)/t76?,77?,78?,79-,80-,81-/m1/s1. The summed E-state index contributed by atoms with van der Waals surface area (Å²) in [5.41, 5.74) is 0. The summed E-state index contributed by atoms with van der Waals surface area (Å²) < 4.78 is 68.8. The average Bonchev–Trinajstić information content (AvgIpc) is 0.918. The number of phosphoric acid groups is 2. The minimum atomic E-state index is -4.97. The lowest BCUT2D eigenvalue weighted by molar-refractivity contribution is -0.161. The van der Waals surface area contributed by atoms with Gasteiger partial charge in [-0.2, -0.15) is 0 Å². The number of hydrogen-bond acceptors (Lipinski definition) is 15. The van der Waals surface area contributed by atoms with Crippen LogP contribution in [0.15, 0.2) is 0 Å². The molecule has 0 amide bonds. The van der Waals surface area contributed by atoms with Crippen molar-refractivity contribution in [3.63, 3.8) is 0 Å². The molecule has 8 atom stereocenters. The molecular formula is C85H166O17P2. The fourth-order valence-electron chi connectivity index (χ4n) is 13.1. The summed E-state index contributed by atoms with van der Waals surface area (Å²) in [6, 6.07) is 0. The van der Waals surface area contributed by atoms with E-state index in [2.05, 4.69) is 48.5 Å². The molecule has 0 bridgehead atoms. The highest BCUT2D eigenvalue weighted by Crippen LogP contribution is 2.45. The van der Waals surface area contributed by atoms with Crippen LogP contribution in [0.2, 0.25) is 0 Å². The number of rotatable bonds is 83. The molecule has 0 spiro atoms. The first-order valence-electron chi connectivity index (χ1n) is 44.0. The van der Waals surface area contributed by atoms with Crippen molar-refractivity contribution in [2.75, 3.05) is 39.6 Å². The predicted octanol–water partition coefficient (Wildman–Crippen LogP) is 25.7. The van der Waals surface area contributed by atoms with Gasteiger partial charge in [-0.25, -0.2) is 9.13 Å². The molecule has 3 N–H and O–H groups in total. The number of hydrogen-bond donors (Lipinski definition) is 3. The quantitative estimate of drug-likeness (QED) is 0.0222. The average molecular weight is 1520 g/mol. The van der Waals surface area contributed by atoms with E-state index in [-0.39, 0.29) is 25.7 Å². The molecule has 104 heavy (non-hydrogen) atoms. The van der Waals surface area contributed by atoms with Crippen LogP contribution < -0.4 is 0 Å².